The summed E-state index contributed by atoms with van der Waals surface area (Å²) in [6.45, 7) is 9.80. The van der Waals surface area contributed by atoms with E-state index in [9.17, 15) is 9.59 Å². The van der Waals surface area contributed by atoms with Crippen molar-refractivity contribution in [1.29, 1.82) is 0 Å². The maximum Gasteiger partial charge on any atom is 0.342 e. The second-order valence-electron chi connectivity index (χ2n) is 8.13. The van der Waals surface area contributed by atoms with E-state index >= 15 is 0 Å². The lowest BCUT2D eigenvalue weighted by Crippen LogP contribution is -2.47. The van der Waals surface area contributed by atoms with E-state index in [1.807, 2.05) is 13.8 Å². The van der Waals surface area contributed by atoms with Crippen LogP contribution in [-0.4, -0.2) is 45.4 Å². The van der Waals surface area contributed by atoms with E-state index in [1.165, 1.54) is 27.4 Å². The van der Waals surface area contributed by atoms with Crippen LogP contribution in [0.2, 0.25) is 0 Å². The van der Waals surface area contributed by atoms with Gasteiger partial charge in [-0.25, -0.2) is 4.79 Å². The van der Waals surface area contributed by atoms with Gasteiger partial charge in [-0.3, -0.25) is 4.79 Å². The first kappa shape index (κ1) is 22.6. The number of hydrogen-bond donors (Lipinski definition) is 1. The average Bonchev–Trinajstić information content (AvgIpc) is 2.55. The number of rotatable bonds is 8. The molecule has 0 fully saturated rings. The lowest BCUT2D eigenvalue weighted by atomic mass is 9.82. The number of esters is 1. The lowest BCUT2D eigenvalue weighted by Gasteiger charge is -2.33. The molecule has 1 amide bonds. The van der Waals surface area contributed by atoms with Crippen molar-refractivity contribution in [3.8, 4) is 17.2 Å². The van der Waals surface area contributed by atoms with E-state index in [0.717, 1.165) is 6.42 Å². The van der Waals surface area contributed by atoms with Gasteiger partial charge in [-0.1, -0.05) is 20.8 Å². The van der Waals surface area contributed by atoms with Gasteiger partial charge in [0.1, 0.15) is 5.56 Å². The van der Waals surface area contributed by atoms with Crippen LogP contribution in [0.25, 0.3) is 0 Å². The molecule has 0 unspecified atom stereocenters. The Morgan fingerprint density at radius 1 is 0.926 bits per heavy atom. The second kappa shape index (κ2) is 8.97. The van der Waals surface area contributed by atoms with Crippen LogP contribution < -0.4 is 19.5 Å². The van der Waals surface area contributed by atoms with E-state index in [2.05, 4.69) is 26.1 Å². The molecule has 152 valence electrons. The van der Waals surface area contributed by atoms with Gasteiger partial charge < -0.3 is 24.3 Å². The third-order valence-corrected chi connectivity index (χ3v) is 3.71. The first-order valence-electron chi connectivity index (χ1n) is 8.71. The Hall–Kier alpha value is -2.44. The highest BCUT2D eigenvalue weighted by molar-refractivity contribution is 5.95. The number of methoxy groups -OCH3 is 3. The fourth-order valence-corrected chi connectivity index (χ4v) is 3.25. The highest BCUT2D eigenvalue weighted by Crippen LogP contribution is 2.39. The molecule has 0 aliphatic rings. The molecule has 1 rings (SSSR count). The fraction of sp³-hybridized carbons (Fsp3) is 0.600. The van der Waals surface area contributed by atoms with Crippen molar-refractivity contribution >= 4 is 11.9 Å². The monoisotopic (exact) mass is 381 g/mol. The Bertz CT molecular complexity index is 676. The topological polar surface area (TPSA) is 83.1 Å². The highest BCUT2D eigenvalue weighted by atomic mass is 16.5. The molecule has 0 bridgehead atoms. The van der Waals surface area contributed by atoms with Gasteiger partial charge in [-0.15, -0.1) is 0 Å². The fourth-order valence-electron chi connectivity index (χ4n) is 3.25. The predicted octanol–water partition coefficient (Wildman–Crippen LogP) is 3.20. The van der Waals surface area contributed by atoms with Crippen LogP contribution in [0.5, 0.6) is 17.2 Å². The minimum absolute atomic E-state index is 0.0560. The molecule has 1 aromatic carbocycles. The van der Waals surface area contributed by atoms with Crippen LogP contribution in [0.4, 0.5) is 0 Å². The second-order valence-corrected chi connectivity index (χ2v) is 8.13. The number of carbonyl (C=O) groups excluding carboxylic acids is 2. The van der Waals surface area contributed by atoms with Crippen LogP contribution in [0.1, 0.15) is 51.4 Å². The van der Waals surface area contributed by atoms with Crippen LogP contribution in [0, 0.1) is 5.41 Å². The zero-order valence-corrected chi connectivity index (χ0v) is 17.5. The van der Waals surface area contributed by atoms with Crippen molar-refractivity contribution in [3.05, 3.63) is 17.7 Å². The first-order valence-corrected chi connectivity index (χ1v) is 8.71. The molecule has 0 aliphatic carbocycles. The first-order chi connectivity index (χ1) is 12.4. The van der Waals surface area contributed by atoms with Crippen LogP contribution >= 0.6 is 0 Å². The van der Waals surface area contributed by atoms with E-state index in [4.69, 9.17) is 18.9 Å². The number of carbonyl (C=O) groups is 2. The third-order valence-electron chi connectivity index (χ3n) is 3.71. The van der Waals surface area contributed by atoms with Crippen molar-refractivity contribution in [2.75, 3.05) is 27.9 Å². The van der Waals surface area contributed by atoms with Crippen molar-refractivity contribution in [3.63, 3.8) is 0 Å². The van der Waals surface area contributed by atoms with Crippen molar-refractivity contribution in [2.24, 2.45) is 5.41 Å². The zero-order chi connectivity index (χ0) is 20.8. The van der Waals surface area contributed by atoms with Gasteiger partial charge in [0, 0.05) is 5.54 Å². The number of nitrogens with one attached hydrogen (secondary N) is 1. The van der Waals surface area contributed by atoms with Crippen molar-refractivity contribution in [1.82, 2.24) is 5.32 Å². The molecular formula is C20H31NO6. The molecule has 0 radical (unpaired) electrons. The van der Waals surface area contributed by atoms with Gasteiger partial charge in [0.15, 0.2) is 18.1 Å². The summed E-state index contributed by atoms with van der Waals surface area (Å²) >= 11 is 0. The number of benzene rings is 1. The maximum absolute atomic E-state index is 12.4. The van der Waals surface area contributed by atoms with Crippen LogP contribution in [0.3, 0.4) is 0 Å². The summed E-state index contributed by atoms with van der Waals surface area (Å²) < 4.78 is 20.9. The Labute approximate surface area is 161 Å². The number of hydrogen-bond acceptors (Lipinski definition) is 6. The molecule has 0 spiro atoms. The molecule has 27 heavy (non-hydrogen) atoms. The highest BCUT2D eigenvalue weighted by Gasteiger charge is 2.28. The molecular weight excluding hydrogens is 350 g/mol. The summed E-state index contributed by atoms with van der Waals surface area (Å²) in [6.07, 6.45) is 0.781. The van der Waals surface area contributed by atoms with Crippen molar-refractivity contribution < 1.29 is 28.5 Å². The molecule has 0 saturated heterocycles. The molecule has 1 N–H and O–H groups in total. The van der Waals surface area contributed by atoms with Gasteiger partial charge in [0.25, 0.3) is 5.91 Å². The minimum Gasteiger partial charge on any atom is -0.493 e. The minimum atomic E-state index is -0.684. The van der Waals surface area contributed by atoms with Crippen LogP contribution in [0.15, 0.2) is 12.1 Å². The van der Waals surface area contributed by atoms with Gasteiger partial charge in [0.2, 0.25) is 5.75 Å². The molecule has 0 aliphatic heterocycles. The summed E-state index contributed by atoms with van der Waals surface area (Å²) in [5.74, 6) is -0.151. The van der Waals surface area contributed by atoms with Crippen LogP contribution in [-0.2, 0) is 9.53 Å². The summed E-state index contributed by atoms with van der Waals surface area (Å²) in [4.78, 5) is 24.6. The Morgan fingerprint density at radius 3 is 2.00 bits per heavy atom. The molecule has 1 aromatic rings. The predicted molar refractivity (Wildman–Crippen MR) is 103 cm³/mol. The smallest absolute Gasteiger partial charge is 0.342 e. The lowest BCUT2D eigenvalue weighted by molar-refractivity contribution is -0.126. The summed E-state index contributed by atoms with van der Waals surface area (Å²) in [5, 5.41) is 2.90. The third kappa shape index (κ3) is 6.66. The normalized spacial score (nSPS) is 11.6. The molecule has 7 nitrogen and oxygen atoms in total. The molecule has 0 saturated carbocycles. The zero-order valence-electron chi connectivity index (χ0n) is 17.5. The summed E-state index contributed by atoms with van der Waals surface area (Å²) in [5.41, 5.74) is -0.208. The summed E-state index contributed by atoms with van der Waals surface area (Å²) in [6, 6.07) is 3.08. The Kier molecular flexibility index (Phi) is 7.51. The maximum atomic E-state index is 12.4. The van der Waals surface area contributed by atoms with Gasteiger partial charge in [-0.2, -0.15) is 0 Å². The van der Waals surface area contributed by atoms with E-state index in [1.54, 1.807) is 6.07 Å². The quantitative estimate of drug-likeness (QED) is 0.696. The van der Waals surface area contributed by atoms with E-state index in [-0.39, 0.29) is 35.0 Å². The van der Waals surface area contributed by atoms with E-state index in [0.29, 0.717) is 5.75 Å². The number of amides is 1. The standard InChI is InChI=1S/C20H31NO6/c1-19(2,3)12-20(4,5)21-15(22)11-27-18(23)13-9-10-14(24-6)17(26-8)16(13)25-7/h9-10H,11-12H2,1-8H3,(H,21,22). The molecule has 0 aromatic heterocycles. The molecule has 0 atom stereocenters. The SMILES string of the molecule is COc1ccc(C(=O)OCC(=O)NC(C)(C)CC(C)(C)C)c(OC)c1OC. The molecule has 7 heteroatoms. The number of ether oxygens (including phenoxy) is 4. The van der Waals surface area contributed by atoms with E-state index < -0.39 is 11.5 Å². The average molecular weight is 381 g/mol. The Balaban J connectivity index is 2.82. The largest absolute Gasteiger partial charge is 0.493 e. The van der Waals surface area contributed by atoms with Gasteiger partial charge >= 0.3 is 5.97 Å². The Morgan fingerprint density at radius 2 is 1.52 bits per heavy atom. The van der Waals surface area contributed by atoms with Crippen molar-refractivity contribution in [2.45, 2.75) is 46.6 Å². The van der Waals surface area contributed by atoms with Gasteiger partial charge in [-0.05, 0) is 37.8 Å². The van der Waals surface area contributed by atoms with Gasteiger partial charge in [0.05, 0.1) is 21.3 Å². The molecule has 0 heterocycles. The summed E-state index contributed by atoms with van der Waals surface area (Å²) in [7, 11) is 4.34.